The molecule has 1 aliphatic heterocycles. The minimum absolute atomic E-state index is 0.0825. The summed E-state index contributed by atoms with van der Waals surface area (Å²) in [6, 6.07) is 8.38. The van der Waals surface area contributed by atoms with Crippen LogP contribution in [-0.2, 0) is 22.1 Å². The molecule has 1 aromatic carbocycles. The van der Waals surface area contributed by atoms with Crippen molar-refractivity contribution in [2.75, 3.05) is 32.9 Å². The molecular formula is C20H34N4O2S. The van der Waals surface area contributed by atoms with Crippen molar-refractivity contribution in [2.24, 2.45) is 4.99 Å². The van der Waals surface area contributed by atoms with Crippen molar-refractivity contribution in [2.45, 2.75) is 50.9 Å². The Hall–Kier alpha value is -1.60. The fourth-order valence-corrected chi connectivity index (χ4v) is 4.40. The van der Waals surface area contributed by atoms with Gasteiger partial charge in [-0.05, 0) is 36.9 Å². The molecule has 6 nitrogen and oxygen atoms in total. The Kier molecular flexibility index (Phi) is 8.57. The number of rotatable bonds is 8. The average Bonchev–Trinajstić information content (AvgIpc) is 2.64. The van der Waals surface area contributed by atoms with E-state index in [2.05, 4.69) is 27.4 Å². The highest BCUT2D eigenvalue weighted by Gasteiger charge is 2.19. The molecule has 0 aliphatic carbocycles. The van der Waals surface area contributed by atoms with Gasteiger partial charge < -0.3 is 10.6 Å². The summed E-state index contributed by atoms with van der Waals surface area (Å²) in [7, 11) is -1.22. The zero-order valence-corrected chi connectivity index (χ0v) is 17.7. The summed E-state index contributed by atoms with van der Waals surface area (Å²) in [6.45, 7) is 6.05. The van der Waals surface area contributed by atoms with Crippen molar-refractivity contribution in [1.29, 1.82) is 0 Å². The summed E-state index contributed by atoms with van der Waals surface area (Å²) in [4.78, 5) is 6.88. The first-order chi connectivity index (χ1) is 12.9. The maximum absolute atomic E-state index is 11.4. The molecule has 2 rings (SSSR count). The minimum Gasteiger partial charge on any atom is -0.355 e. The number of sulfone groups is 1. The number of aliphatic imine (C=N–C) groups is 1. The Labute approximate surface area is 164 Å². The summed E-state index contributed by atoms with van der Waals surface area (Å²) in [5, 5.41) is 6.71. The monoisotopic (exact) mass is 394 g/mol. The minimum atomic E-state index is -2.99. The summed E-state index contributed by atoms with van der Waals surface area (Å²) in [5.41, 5.74) is 1.91. The number of likely N-dealkylation sites (tertiary alicyclic amines) is 1. The largest absolute Gasteiger partial charge is 0.355 e. The lowest BCUT2D eigenvalue weighted by Crippen LogP contribution is -2.45. The molecule has 0 aromatic heterocycles. The van der Waals surface area contributed by atoms with Crippen LogP contribution in [0.3, 0.4) is 0 Å². The topological polar surface area (TPSA) is 73.8 Å². The van der Waals surface area contributed by atoms with Crippen LogP contribution in [0.25, 0.3) is 0 Å². The van der Waals surface area contributed by atoms with E-state index in [0.29, 0.717) is 6.54 Å². The second-order valence-corrected chi connectivity index (χ2v) is 9.47. The molecule has 1 aliphatic rings. The van der Waals surface area contributed by atoms with Gasteiger partial charge in [-0.15, -0.1) is 0 Å². The highest BCUT2D eigenvalue weighted by atomic mass is 32.2. The number of hydrogen-bond donors (Lipinski definition) is 2. The van der Waals surface area contributed by atoms with Crippen molar-refractivity contribution >= 4 is 15.8 Å². The zero-order chi connectivity index (χ0) is 19.7. The van der Waals surface area contributed by atoms with Gasteiger partial charge in [-0.2, -0.15) is 0 Å². The smallest absolute Gasteiger partial charge is 0.191 e. The summed E-state index contributed by atoms with van der Waals surface area (Å²) >= 11 is 0. The number of guanidine groups is 1. The van der Waals surface area contributed by atoms with Crippen LogP contribution in [0.1, 0.15) is 43.7 Å². The number of piperidine rings is 1. The van der Waals surface area contributed by atoms with E-state index in [1.165, 1.54) is 38.5 Å². The highest BCUT2D eigenvalue weighted by Crippen LogP contribution is 2.18. The quantitative estimate of drug-likeness (QED) is 0.522. The van der Waals surface area contributed by atoms with Crippen LogP contribution in [0, 0.1) is 0 Å². The van der Waals surface area contributed by atoms with E-state index in [0.717, 1.165) is 36.2 Å². The number of nitrogens with one attached hydrogen (secondary N) is 2. The molecule has 0 saturated carbocycles. The molecule has 7 heteroatoms. The van der Waals surface area contributed by atoms with E-state index in [9.17, 15) is 8.42 Å². The molecule has 1 unspecified atom stereocenters. The van der Waals surface area contributed by atoms with E-state index in [1.54, 1.807) is 7.05 Å². The van der Waals surface area contributed by atoms with Crippen molar-refractivity contribution in [3.63, 3.8) is 0 Å². The van der Waals surface area contributed by atoms with Gasteiger partial charge in [-0.25, -0.2) is 8.42 Å². The van der Waals surface area contributed by atoms with E-state index in [4.69, 9.17) is 0 Å². The van der Waals surface area contributed by atoms with Gasteiger partial charge >= 0.3 is 0 Å². The highest BCUT2D eigenvalue weighted by molar-refractivity contribution is 7.89. The Morgan fingerprint density at radius 3 is 2.52 bits per heavy atom. The molecule has 1 heterocycles. The van der Waals surface area contributed by atoms with E-state index >= 15 is 0 Å². The molecule has 1 saturated heterocycles. The first kappa shape index (κ1) is 21.7. The fraction of sp³-hybridized carbons (Fsp3) is 0.650. The Bertz CT molecular complexity index is 701. The molecular weight excluding hydrogens is 360 g/mol. The van der Waals surface area contributed by atoms with Crippen LogP contribution >= 0.6 is 0 Å². The van der Waals surface area contributed by atoms with Gasteiger partial charge in [0.05, 0.1) is 5.75 Å². The first-order valence-corrected chi connectivity index (χ1v) is 11.9. The average molecular weight is 395 g/mol. The lowest BCUT2D eigenvalue weighted by atomic mass is 10.0. The zero-order valence-electron chi connectivity index (χ0n) is 16.9. The second-order valence-electron chi connectivity index (χ2n) is 7.33. The molecule has 1 fully saturated rings. The Morgan fingerprint density at radius 1 is 1.19 bits per heavy atom. The van der Waals surface area contributed by atoms with Gasteiger partial charge in [0, 0.05) is 39.0 Å². The maximum atomic E-state index is 11.4. The van der Waals surface area contributed by atoms with Gasteiger partial charge in [0.2, 0.25) is 0 Å². The van der Waals surface area contributed by atoms with Crippen molar-refractivity contribution in [3.05, 3.63) is 35.4 Å². The van der Waals surface area contributed by atoms with Gasteiger partial charge in [-0.3, -0.25) is 9.89 Å². The van der Waals surface area contributed by atoms with Crippen molar-refractivity contribution in [3.8, 4) is 0 Å². The van der Waals surface area contributed by atoms with E-state index in [1.807, 2.05) is 24.3 Å². The van der Waals surface area contributed by atoms with E-state index in [-0.39, 0.29) is 5.75 Å². The molecule has 1 atom stereocenters. The molecule has 152 valence electrons. The predicted octanol–water partition coefficient (Wildman–Crippen LogP) is 2.16. The van der Waals surface area contributed by atoms with Crippen LogP contribution in [0.2, 0.25) is 0 Å². The number of hydrogen-bond acceptors (Lipinski definition) is 4. The Morgan fingerprint density at radius 2 is 1.89 bits per heavy atom. The third-order valence-electron chi connectivity index (χ3n) is 5.05. The van der Waals surface area contributed by atoms with Crippen LogP contribution in [0.4, 0.5) is 0 Å². The summed E-state index contributed by atoms with van der Waals surface area (Å²) in [6.07, 6.45) is 6.46. The van der Waals surface area contributed by atoms with Crippen molar-refractivity contribution in [1.82, 2.24) is 15.5 Å². The normalized spacial score (nSPS) is 19.1. The summed E-state index contributed by atoms with van der Waals surface area (Å²) < 4.78 is 22.7. The molecule has 0 spiro atoms. The third-order valence-corrected chi connectivity index (χ3v) is 5.90. The molecule has 0 amide bonds. The molecule has 0 bridgehead atoms. The van der Waals surface area contributed by atoms with Crippen LogP contribution in [0.15, 0.2) is 29.3 Å². The van der Waals surface area contributed by atoms with Gasteiger partial charge in [0.15, 0.2) is 15.8 Å². The lowest BCUT2D eigenvalue weighted by molar-refractivity contribution is 0.147. The Balaban J connectivity index is 1.75. The summed E-state index contributed by atoms with van der Waals surface area (Å²) in [5.74, 6) is 0.874. The standard InChI is InChI=1S/C20H34N4O2S/c1-4-19-7-5-6-13-24(19)14-12-22-20(21-2)23-15-17-8-10-18(11-9-17)16-27(3,25)26/h8-11,19H,4-7,12-16H2,1-3H3,(H2,21,22,23). The number of benzene rings is 1. The molecule has 2 N–H and O–H groups in total. The second kappa shape index (κ2) is 10.7. The maximum Gasteiger partial charge on any atom is 0.191 e. The lowest BCUT2D eigenvalue weighted by Gasteiger charge is -2.35. The number of nitrogens with zero attached hydrogens (tertiary/aromatic N) is 2. The van der Waals surface area contributed by atoms with Crippen molar-refractivity contribution < 1.29 is 8.42 Å². The fourth-order valence-electron chi connectivity index (χ4n) is 3.60. The van der Waals surface area contributed by atoms with Crippen LogP contribution in [-0.4, -0.2) is 58.3 Å². The van der Waals surface area contributed by atoms with E-state index < -0.39 is 9.84 Å². The van der Waals surface area contributed by atoms with Gasteiger partial charge in [0.25, 0.3) is 0 Å². The van der Waals surface area contributed by atoms with Crippen LogP contribution < -0.4 is 10.6 Å². The van der Waals surface area contributed by atoms with Gasteiger partial charge in [0.1, 0.15) is 0 Å². The van der Waals surface area contributed by atoms with Gasteiger partial charge in [-0.1, -0.05) is 37.6 Å². The SMILES string of the molecule is CCC1CCCCN1CCNC(=NC)NCc1ccc(CS(C)(=O)=O)cc1. The molecule has 1 aromatic rings. The third kappa shape index (κ3) is 7.89. The van der Waals surface area contributed by atoms with Crippen LogP contribution in [0.5, 0.6) is 0 Å². The first-order valence-electron chi connectivity index (χ1n) is 9.85. The molecule has 0 radical (unpaired) electrons. The predicted molar refractivity (Wildman–Crippen MR) is 113 cm³/mol. The molecule has 27 heavy (non-hydrogen) atoms.